The molecule has 138 valence electrons. The fourth-order valence-corrected chi connectivity index (χ4v) is 3.01. The lowest BCUT2D eigenvalue weighted by molar-refractivity contribution is 0.102. The lowest BCUT2D eigenvalue weighted by Gasteiger charge is -2.21. The second-order valence-electron chi connectivity index (χ2n) is 6.58. The van der Waals surface area contributed by atoms with E-state index < -0.39 is 0 Å². The van der Waals surface area contributed by atoms with Gasteiger partial charge in [-0.3, -0.25) is 4.79 Å². The molecular weight excluding hydrogens is 336 g/mol. The first-order chi connectivity index (χ1) is 13.0. The zero-order chi connectivity index (χ0) is 19.4. The van der Waals surface area contributed by atoms with Crippen LogP contribution in [0.4, 0.5) is 17.3 Å². The van der Waals surface area contributed by atoms with E-state index >= 15 is 0 Å². The van der Waals surface area contributed by atoms with Gasteiger partial charge in [0.15, 0.2) is 0 Å². The van der Waals surface area contributed by atoms with Gasteiger partial charge < -0.3 is 10.2 Å². The van der Waals surface area contributed by atoms with Crippen molar-refractivity contribution in [2.75, 3.05) is 16.8 Å². The first kappa shape index (κ1) is 18.6. The summed E-state index contributed by atoms with van der Waals surface area (Å²) < 4.78 is 0. The summed E-state index contributed by atoms with van der Waals surface area (Å²) in [5, 5.41) is 2.96. The summed E-state index contributed by atoms with van der Waals surface area (Å²) in [5.74, 6) is 0.365. The van der Waals surface area contributed by atoms with Gasteiger partial charge in [0, 0.05) is 30.3 Å². The van der Waals surface area contributed by atoms with Crippen LogP contribution in [0.15, 0.2) is 54.9 Å². The van der Waals surface area contributed by atoms with Gasteiger partial charge in [0.05, 0.1) is 5.56 Å². The van der Waals surface area contributed by atoms with Crippen LogP contribution in [0, 0.1) is 20.8 Å². The highest BCUT2D eigenvalue weighted by molar-refractivity contribution is 6.04. The Bertz CT molecular complexity index is 931. The summed E-state index contributed by atoms with van der Waals surface area (Å²) in [5.41, 5.74) is 5.53. The van der Waals surface area contributed by atoms with Crippen molar-refractivity contribution in [3.05, 3.63) is 77.1 Å². The molecule has 1 amide bonds. The summed E-state index contributed by atoms with van der Waals surface area (Å²) in [6.07, 6.45) is 3.15. The first-order valence-electron chi connectivity index (χ1n) is 9.03. The van der Waals surface area contributed by atoms with Crippen LogP contribution in [-0.4, -0.2) is 22.4 Å². The van der Waals surface area contributed by atoms with Gasteiger partial charge in [0.1, 0.15) is 0 Å². The van der Waals surface area contributed by atoms with E-state index in [4.69, 9.17) is 0 Å². The number of rotatable bonds is 5. The highest BCUT2D eigenvalue weighted by Gasteiger charge is 2.14. The number of nitrogens with one attached hydrogen (secondary N) is 1. The van der Waals surface area contributed by atoms with Crippen molar-refractivity contribution >= 4 is 23.2 Å². The third-order valence-electron chi connectivity index (χ3n) is 4.49. The summed E-state index contributed by atoms with van der Waals surface area (Å²) in [4.78, 5) is 23.4. The van der Waals surface area contributed by atoms with Gasteiger partial charge >= 0.3 is 0 Å². The van der Waals surface area contributed by atoms with Gasteiger partial charge in [-0.1, -0.05) is 30.3 Å². The largest absolute Gasteiger partial charge is 0.321 e. The van der Waals surface area contributed by atoms with Crippen LogP contribution in [0.25, 0.3) is 0 Å². The Labute approximate surface area is 160 Å². The third kappa shape index (κ3) is 4.14. The number of carbonyl (C=O) groups excluding carboxylic acids is 1. The van der Waals surface area contributed by atoms with Crippen molar-refractivity contribution in [3.8, 4) is 0 Å². The van der Waals surface area contributed by atoms with Crippen LogP contribution in [0.5, 0.6) is 0 Å². The van der Waals surface area contributed by atoms with Crippen LogP contribution in [0.3, 0.4) is 0 Å². The Morgan fingerprint density at radius 3 is 2.22 bits per heavy atom. The molecule has 0 radical (unpaired) electrons. The van der Waals surface area contributed by atoms with E-state index in [0.29, 0.717) is 11.5 Å². The van der Waals surface area contributed by atoms with Gasteiger partial charge in [-0.15, -0.1) is 0 Å². The molecule has 0 fully saturated rings. The van der Waals surface area contributed by atoms with Crippen LogP contribution in [0.1, 0.15) is 34.0 Å². The lowest BCUT2D eigenvalue weighted by atomic mass is 10.1. The van der Waals surface area contributed by atoms with E-state index in [2.05, 4.69) is 34.3 Å². The summed E-state index contributed by atoms with van der Waals surface area (Å²) in [7, 11) is 0. The number of aryl methyl sites for hydroxylation is 3. The topological polar surface area (TPSA) is 58.1 Å². The van der Waals surface area contributed by atoms with Crippen LogP contribution < -0.4 is 10.2 Å². The van der Waals surface area contributed by atoms with E-state index in [1.807, 2.05) is 56.0 Å². The van der Waals surface area contributed by atoms with Crippen molar-refractivity contribution in [1.82, 2.24) is 9.97 Å². The standard InChI is InChI=1S/C22H24N4O/c1-5-26(19-11-6-8-15(2)12-19)22-23-13-18(14-24-22)21(27)25-20-16(3)9-7-10-17(20)4/h6-14H,5H2,1-4H3,(H,25,27). The minimum atomic E-state index is -0.211. The molecule has 0 spiro atoms. The molecule has 2 aromatic carbocycles. The molecule has 1 N–H and O–H groups in total. The SMILES string of the molecule is CCN(c1cccc(C)c1)c1ncc(C(=O)Nc2c(C)cccc2C)cn1. The second-order valence-corrected chi connectivity index (χ2v) is 6.58. The Kier molecular flexibility index (Phi) is 5.50. The third-order valence-corrected chi connectivity index (χ3v) is 4.49. The number of hydrogen-bond donors (Lipinski definition) is 1. The number of nitrogens with zero attached hydrogens (tertiary/aromatic N) is 3. The number of aromatic nitrogens is 2. The molecule has 3 aromatic rings. The smallest absolute Gasteiger partial charge is 0.258 e. The van der Waals surface area contributed by atoms with Crippen LogP contribution in [0.2, 0.25) is 0 Å². The van der Waals surface area contributed by atoms with Crippen molar-refractivity contribution < 1.29 is 4.79 Å². The molecule has 1 heterocycles. The number of anilines is 3. The molecular formula is C22H24N4O. The lowest BCUT2D eigenvalue weighted by Crippen LogP contribution is -2.20. The first-order valence-corrected chi connectivity index (χ1v) is 9.03. The number of para-hydroxylation sites is 1. The van der Waals surface area contributed by atoms with Crippen molar-refractivity contribution in [3.63, 3.8) is 0 Å². The molecule has 1 aromatic heterocycles. The van der Waals surface area contributed by atoms with Gasteiger partial charge in [0.2, 0.25) is 5.95 Å². The molecule has 5 nitrogen and oxygen atoms in total. The average molecular weight is 360 g/mol. The normalized spacial score (nSPS) is 10.5. The van der Waals surface area contributed by atoms with E-state index in [9.17, 15) is 4.79 Å². The molecule has 0 bridgehead atoms. The van der Waals surface area contributed by atoms with Crippen molar-refractivity contribution in [1.29, 1.82) is 0 Å². The molecule has 0 saturated carbocycles. The zero-order valence-corrected chi connectivity index (χ0v) is 16.2. The Morgan fingerprint density at radius 2 is 1.63 bits per heavy atom. The maximum atomic E-state index is 12.6. The quantitative estimate of drug-likeness (QED) is 0.709. The summed E-state index contributed by atoms with van der Waals surface area (Å²) in [6, 6.07) is 14.1. The Hall–Kier alpha value is -3.21. The zero-order valence-electron chi connectivity index (χ0n) is 16.2. The number of carbonyl (C=O) groups is 1. The fourth-order valence-electron chi connectivity index (χ4n) is 3.01. The number of amides is 1. The minimum absolute atomic E-state index is 0.211. The molecule has 0 aliphatic carbocycles. The molecule has 0 unspecified atom stereocenters. The molecule has 0 aliphatic rings. The van der Waals surface area contributed by atoms with Gasteiger partial charge in [-0.05, 0) is 56.5 Å². The Balaban J connectivity index is 1.81. The van der Waals surface area contributed by atoms with Gasteiger partial charge in [-0.25, -0.2) is 9.97 Å². The fraction of sp³-hybridized carbons (Fsp3) is 0.227. The maximum absolute atomic E-state index is 12.6. The molecule has 27 heavy (non-hydrogen) atoms. The highest BCUT2D eigenvalue weighted by atomic mass is 16.1. The predicted molar refractivity (Wildman–Crippen MR) is 110 cm³/mol. The van der Waals surface area contributed by atoms with E-state index in [1.54, 1.807) is 12.4 Å². The van der Waals surface area contributed by atoms with E-state index in [1.165, 1.54) is 5.56 Å². The second kappa shape index (κ2) is 7.99. The van der Waals surface area contributed by atoms with Gasteiger partial charge in [0.25, 0.3) is 5.91 Å². The highest BCUT2D eigenvalue weighted by Crippen LogP contribution is 2.23. The predicted octanol–water partition coefficient (Wildman–Crippen LogP) is 4.81. The van der Waals surface area contributed by atoms with Crippen LogP contribution in [-0.2, 0) is 0 Å². The summed E-state index contributed by atoms with van der Waals surface area (Å²) in [6.45, 7) is 8.79. The Morgan fingerprint density at radius 1 is 1.00 bits per heavy atom. The van der Waals surface area contributed by atoms with Crippen molar-refractivity contribution in [2.45, 2.75) is 27.7 Å². The van der Waals surface area contributed by atoms with E-state index in [0.717, 1.165) is 29.0 Å². The monoisotopic (exact) mass is 360 g/mol. The molecule has 0 saturated heterocycles. The number of benzene rings is 2. The average Bonchev–Trinajstić information content (AvgIpc) is 2.66. The van der Waals surface area contributed by atoms with Gasteiger partial charge in [-0.2, -0.15) is 0 Å². The number of hydrogen-bond acceptors (Lipinski definition) is 4. The maximum Gasteiger partial charge on any atom is 0.258 e. The summed E-state index contributed by atoms with van der Waals surface area (Å²) >= 11 is 0. The molecule has 0 atom stereocenters. The van der Waals surface area contributed by atoms with Crippen molar-refractivity contribution in [2.24, 2.45) is 0 Å². The van der Waals surface area contributed by atoms with Crippen LogP contribution >= 0.6 is 0 Å². The van der Waals surface area contributed by atoms with E-state index in [-0.39, 0.29) is 5.91 Å². The minimum Gasteiger partial charge on any atom is -0.321 e. The molecule has 3 rings (SSSR count). The molecule has 5 heteroatoms. The molecule has 0 aliphatic heterocycles.